The van der Waals surface area contributed by atoms with E-state index >= 15 is 0 Å². The summed E-state index contributed by atoms with van der Waals surface area (Å²) in [4.78, 5) is 21.0. The summed E-state index contributed by atoms with van der Waals surface area (Å²) < 4.78 is 1.78. The number of hydrogen-bond acceptors (Lipinski definition) is 5. The molecule has 2 aromatic rings. The predicted molar refractivity (Wildman–Crippen MR) is 95.5 cm³/mol. The van der Waals surface area contributed by atoms with E-state index in [2.05, 4.69) is 27.2 Å². The molecule has 3 heterocycles. The van der Waals surface area contributed by atoms with Gasteiger partial charge in [0, 0.05) is 52.8 Å². The van der Waals surface area contributed by atoms with Crippen molar-refractivity contribution < 1.29 is 4.79 Å². The monoisotopic (exact) mass is 345 g/mol. The number of aryl methyl sites for hydroxylation is 1. The van der Waals surface area contributed by atoms with Gasteiger partial charge < -0.3 is 9.80 Å². The highest BCUT2D eigenvalue weighted by Gasteiger charge is 2.27. The van der Waals surface area contributed by atoms with Crippen LogP contribution in [0.1, 0.15) is 49.4 Å². The predicted octanol–water partition coefficient (Wildman–Crippen LogP) is 1.50. The summed E-state index contributed by atoms with van der Waals surface area (Å²) in [5, 5.41) is 11.5. The van der Waals surface area contributed by atoms with Gasteiger partial charge in [0.1, 0.15) is 5.82 Å². The minimum atomic E-state index is 0.191. The van der Waals surface area contributed by atoms with Gasteiger partial charge >= 0.3 is 0 Å². The summed E-state index contributed by atoms with van der Waals surface area (Å²) in [7, 11) is 5.75. The number of carbonyl (C=O) groups is 1. The van der Waals surface area contributed by atoms with Crippen LogP contribution in [0.2, 0.25) is 0 Å². The number of aromatic amines is 1. The molecule has 0 bridgehead atoms. The quantitative estimate of drug-likeness (QED) is 0.888. The summed E-state index contributed by atoms with van der Waals surface area (Å²) in [5.41, 5.74) is 1.11. The van der Waals surface area contributed by atoms with Crippen molar-refractivity contribution in [1.29, 1.82) is 0 Å². The normalized spacial score (nSPS) is 16.9. The first kappa shape index (κ1) is 17.4. The van der Waals surface area contributed by atoms with Crippen molar-refractivity contribution in [3.05, 3.63) is 23.8 Å². The molecule has 1 N–H and O–H groups in total. The Labute approximate surface area is 148 Å². The van der Waals surface area contributed by atoms with E-state index in [1.165, 1.54) is 0 Å². The van der Waals surface area contributed by atoms with Crippen molar-refractivity contribution in [3.63, 3.8) is 0 Å². The van der Waals surface area contributed by atoms with Crippen molar-refractivity contribution >= 4 is 11.9 Å². The summed E-state index contributed by atoms with van der Waals surface area (Å²) in [6.07, 6.45) is 6.21. The van der Waals surface area contributed by atoms with Gasteiger partial charge in [-0.05, 0) is 24.3 Å². The summed E-state index contributed by atoms with van der Waals surface area (Å²) in [6, 6.07) is 0. The maximum absolute atomic E-state index is 12.6. The summed E-state index contributed by atoms with van der Waals surface area (Å²) in [5.74, 6) is 2.40. The Morgan fingerprint density at radius 3 is 2.68 bits per heavy atom. The first-order valence-corrected chi connectivity index (χ1v) is 8.80. The molecule has 0 radical (unpaired) electrons. The number of likely N-dealkylation sites (tertiary alicyclic amines) is 1. The molecule has 1 unspecified atom stereocenters. The maximum atomic E-state index is 12.6. The Kier molecular flexibility index (Phi) is 5.06. The largest absolute Gasteiger partial charge is 0.346 e. The molecule has 0 saturated carbocycles. The molecule has 1 amide bonds. The van der Waals surface area contributed by atoms with E-state index in [4.69, 9.17) is 0 Å². The van der Waals surface area contributed by atoms with Crippen molar-refractivity contribution in [2.75, 3.05) is 32.1 Å². The molecule has 136 valence electrons. The van der Waals surface area contributed by atoms with Crippen molar-refractivity contribution in [3.8, 4) is 0 Å². The highest BCUT2D eigenvalue weighted by molar-refractivity contribution is 5.77. The van der Waals surface area contributed by atoms with Crippen LogP contribution < -0.4 is 4.90 Å². The lowest BCUT2D eigenvalue weighted by Crippen LogP contribution is -2.38. The molecule has 0 aliphatic carbocycles. The van der Waals surface area contributed by atoms with Crippen molar-refractivity contribution in [1.82, 2.24) is 29.9 Å². The second-order valence-corrected chi connectivity index (χ2v) is 7.12. The van der Waals surface area contributed by atoms with E-state index in [-0.39, 0.29) is 11.8 Å². The molecule has 0 spiro atoms. The van der Waals surface area contributed by atoms with Gasteiger partial charge in [-0.1, -0.05) is 6.92 Å². The van der Waals surface area contributed by atoms with Crippen LogP contribution in [-0.4, -0.2) is 63.0 Å². The molecule has 1 atom stereocenters. The van der Waals surface area contributed by atoms with Gasteiger partial charge in [0.2, 0.25) is 11.9 Å². The Bertz CT molecular complexity index is 712. The Morgan fingerprint density at radius 2 is 2.12 bits per heavy atom. The van der Waals surface area contributed by atoms with Crippen LogP contribution in [0.3, 0.4) is 0 Å². The fraction of sp³-hybridized carbons (Fsp3) is 0.647. The third-order valence-corrected chi connectivity index (χ3v) is 4.90. The van der Waals surface area contributed by atoms with Crippen LogP contribution >= 0.6 is 0 Å². The molecule has 1 fully saturated rings. The summed E-state index contributed by atoms with van der Waals surface area (Å²) >= 11 is 0. The second-order valence-electron chi connectivity index (χ2n) is 7.12. The van der Waals surface area contributed by atoms with Crippen LogP contribution in [0, 0.1) is 0 Å². The van der Waals surface area contributed by atoms with Gasteiger partial charge in [-0.25, -0.2) is 0 Å². The van der Waals surface area contributed by atoms with Gasteiger partial charge in [-0.3, -0.25) is 14.6 Å². The van der Waals surface area contributed by atoms with E-state index in [0.29, 0.717) is 18.3 Å². The molecule has 25 heavy (non-hydrogen) atoms. The van der Waals surface area contributed by atoms with Crippen LogP contribution in [0.15, 0.2) is 12.4 Å². The number of anilines is 1. The standard InChI is InChI=1S/C17H27N7O/c1-12(14-10-18-23(4)11-14)9-15(25)24-7-5-13(6-8-24)16-19-17(21-20-16)22(2)3/h10-13H,5-9H2,1-4H3,(H,19,20,21). The molecular formula is C17H27N7O. The number of amides is 1. The number of nitrogens with zero attached hydrogens (tertiary/aromatic N) is 6. The third-order valence-electron chi connectivity index (χ3n) is 4.90. The lowest BCUT2D eigenvalue weighted by atomic mass is 9.94. The minimum absolute atomic E-state index is 0.191. The first-order valence-electron chi connectivity index (χ1n) is 8.80. The number of nitrogens with one attached hydrogen (secondary N) is 1. The van der Waals surface area contributed by atoms with Crippen LogP contribution in [0.4, 0.5) is 5.95 Å². The van der Waals surface area contributed by atoms with E-state index in [1.807, 2.05) is 43.3 Å². The second kappa shape index (κ2) is 7.25. The van der Waals surface area contributed by atoms with Gasteiger partial charge in [0.25, 0.3) is 0 Å². The molecule has 2 aromatic heterocycles. The molecule has 0 aromatic carbocycles. The van der Waals surface area contributed by atoms with Crippen LogP contribution in [0.5, 0.6) is 0 Å². The SMILES string of the molecule is CC(CC(=O)N1CCC(c2nc(N(C)C)n[nH]2)CC1)c1cnn(C)c1. The highest BCUT2D eigenvalue weighted by Crippen LogP contribution is 2.28. The third kappa shape index (κ3) is 4.00. The first-order chi connectivity index (χ1) is 11.9. The number of rotatable bonds is 5. The maximum Gasteiger partial charge on any atom is 0.244 e. The number of carbonyl (C=O) groups excluding carboxylic acids is 1. The fourth-order valence-corrected chi connectivity index (χ4v) is 3.25. The van der Waals surface area contributed by atoms with Crippen LogP contribution in [0.25, 0.3) is 0 Å². The zero-order valence-electron chi connectivity index (χ0n) is 15.4. The zero-order valence-corrected chi connectivity index (χ0v) is 15.4. The van der Waals surface area contributed by atoms with Crippen molar-refractivity contribution in [2.24, 2.45) is 7.05 Å². The average molecular weight is 345 g/mol. The van der Waals surface area contributed by atoms with Crippen LogP contribution in [-0.2, 0) is 11.8 Å². The molecule has 8 heteroatoms. The van der Waals surface area contributed by atoms with E-state index in [1.54, 1.807) is 4.68 Å². The minimum Gasteiger partial charge on any atom is -0.346 e. The van der Waals surface area contributed by atoms with Crippen molar-refractivity contribution in [2.45, 2.75) is 38.0 Å². The molecule has 3 rings (SSSR count). The number of piperidine rings is 1. The lowest BCUT2D eigenvalue weighted by molar-refractivity contribution is -0.132. The van der Waals surface area contributed by atoms with E-state index in [0.717, 1.165) is 37.3 Å². The number of H-pyrrole nitrogens is 1. The fourth-order valence-electron chi connectivity index (χ4n) is 3.25. The summed E-state index contributed by atoms with van der Waals surface area (Å²) in [6.45, 7) is 3.64. The molecular weight excluding hydrogens is 318 g/mol. The van der Waals surface area contributed by atoms with Gasteiger partial charge in [0.15, 0.2) is 0 Å². The van der Waals surface area contributed by atoms with Gasteiger partial charge in [-0.2, -0.15) is 10.1 Å². The average Bonchev–Trinajstić information content (AvgIpc) is 3.24. The Morgan fingerprint density at radius 1 is 1.40 bits per heavy atom. The molecule has 1 saturated heterocycles. The Balaban J connectivity index is 1.52. The molecule has 1 aliphatic heterocycles. The lowest BCUT2D eigenvalue weighted by Gasteiger charge is -2.31. The number of hydrogen-bond donors (Lipinski definition) is 1. The zero-order chi connectivity index (χ0) is 18.0. The number of aromatic nitrogens is 5. The Hall–Kier alpha value is -2.38. The molecule has 1 aliphatic rings. The van der Waals surface area contributed by atoms with Gasteiger partial charge in [0.05, 0.1) is 6.20 Å². The van der Waals surface area contributed by atoms with E-state index < -0.39 is 0 Å². The smallest absolute Gasteiger partial charge is 0.244 e. The van der Waals surface area contributed by atoms with E-state index in [9.17, 15) is 4.79 Å². The van der Waals surface area contributed by atoms with Gasteiger partial charge in [-0.15, -0.1) is 5.10 Å². The topological polar surface area (TPSA) is 82.9 Å². The highest BCUT2D eigenvalue weighted by atomic mass is 16.2. The molecule has 8 nitrogen and oxygen atoms in total.